The Hall–Kier alpha value is -4.59. The zero-order valence-electron chi connectivity index (χ0n) is 20.3. The van der Waals surface area contributed by atoms with Crippen LogP contribution in [0.4, 0.5) is 13.2 Å². The van der Waals surface area contributed by atoms with Crippen LogP contribution in [0.1, 0.15) is 41.2 Å². The highest BCUT2D eigenvalue weighted by atomic mass is 19.4. The smallest absolute Gasteiger partial charge is 0.487 e. The van der Waals surface area contributed by atoms with Crippen LogP contribution in [0.5, 0.6) is 11.5 Å². The fourth-order valence-corrected chi connectivity index (χ4v) is 3.63. The number of nitriles is 1. The molecule has 0 spiro atoms. The summed E-state index contributed by atoms with van der Waals surface area (Å²) in [5.41, 5.74) is 3.44. The third kappa shape index (κ3) is 8.23. The lowest BCUT2D eigenvalue weighted by atomic mass is 10.1. The number of rotatable bonds is 12. The highest BCUT2D eigenvalue weighted by molar-refractivity contribution is 5.66. The maximum absolute atomic E-state index is 12.3. The summed E-state index contributed by atoms with van der Waals surface area (Å²) in [5, 5.41) is 16.6. The molecule has 2 aromatic carbocycles. The first kappa shape index (κ1) is 26.5. The molecule has 4 aromatic rings. The number of oxazole rings is 1. The largest absolute Gasteiger partial charge is 0.573 e. The van der Waals surface area contributed by atoms with Crippen LogP contribution in [0.3, 0.4) is 0 Å². The minimum absolute atomic E-state index is 0.213. The van der Waals surface area contributed by atoms with E-state index < -0.39 is 6.36 Å². The number of unbranched alkanes of at least 4 members (excludes halogenated alkanes) is 1. The van der Waals surface area contributed by atoms with Crippen molar-refractivity contribution in [3.05, 3.63) is 89.4 Å². The predicted molar refractivity (Wildman–Crippen MR) is 132 cm³/mol. The zero-order valence-corrected chi connectivity index (χ0v) is 20.3. The molecule has 8 nitrogen and oxygen atoms in total. The Kier molecular flexibility index (Phi) is 8.77. The maximum atomic E-state index is 12.3. The minimum Gasteiger partial charge on any atom is -0.487 e. The standard InChI is InChI=1S/C27H24F3N5O3/c28-27(29,30)38-25-12-7-21(8-13-25)9-14-26-33-22(19-37-26)18-36-24-10-5-20(6-11-24)3-1-2-4-23-17-32-34-35(23)16-15-31/h5-14,17,19H,1-4,16,18H2/b14-9+. The van der Waals surface area contributed by atoms with Gasteiger partial charge >= 0.3 is 6.36 Å². The molecule has 0 unspecified atom stereocenters. The lowest BCUT2D eigenvalue weighted by Gasteiger charge is -2.08. The monoisotopic (exact) mass is 523 g/mol. The third-order valence-corrected chi connectivity index (χ3v) is 5.48. The molecule has 0 fully saturated rings. The molecule has 0 saturated heterocycles. The molecule has 0 radical (unpaired) electrons. The summed E-state index contributed by atoms with van der Waals surface area (Å²) in [4.78, 5) is 4.33. The molecule has 0 aliphatic rings. The van der Waals surface area contributed by atoms with Crippen LogP contribution < -0.4 is 9.47 Å². The number of alkyl halides is 3. The highest BCUT2D eigenvalue weighted by Gasteiger charge is 2.30. The van der Waals surface area contributed by atoms with Gasteiger partial charge in [0.1, 0.15) is 36.6 Å². The molecule has 11 heteroatoms. The molecule has 196 valence electrons. The van der Waals surface area contributed by atoms with E-state index in [4.69, 9.17) is 14.4 Å². The van der Waals surface area contributed by atoms with Gasteiger partial charge < -0.3 is 13.9 Å². The number of benzene rings is 2. The lowest BCUT2D eigenvalue weighted by Crippen LogP contribution is -2.16. The Morgan fingerprint density at radius 2 is 1.71 bits per heavy atom. The second-order valence-electron chi connectivity index (χ2n) is 8.31. The molecule has 2 heterocycles. The number of halogens is 3. The molecule has 38 heavy (non-hydrogen) atoms. The highest BCUT2D eigenvalue weighted by Crippen LogP contribution is 2.23. The van der Waals surface area contributed by atoms with Gasteiger partial charge in [-0.15, -0.1) is 18.3 Å². The summed E-state index contributed by atoms with van der Waals surface area (Å²) in [5.74, 6) is 0.774. The van der Waals surface area contributed by atoms with Gasteiger partial charge in [-0.3, -0.25) is 0 Å². The van der Waals surface area contributed by atoms with Gasteiger partial charge in [-0.1, -0.05) is 29.5 Å². The number of nitrogens with zero attached hydrogens (tertiary/aromatic N) is 5. The van der Waals surface area contributed by atoms with E-state index in [1.54, 1.807) is 23.0 Å². The van der Waals surface area contributed by atoms with Gasteiger partial charge in [0.15, 0.2) is 0 Å². The van der Waals surface area contributed by atoms with Crippen molar-refractivity contribution in [2.24, 2.45) is 0 Å². The number of ether oxygens (including phenoxy) is 2. The van der Waals surface area contributed by atoms with Crippen molar-refractivity contribution >= 4 is 12.2 Å². The van der Waals surface area contributed by atoms with Gasteiger partial charge in [-0.2, -0.15) is 5.26 Å². The van der Waals surface area contributed by atoms with Gasteiger partial charge in [-0.05, 0) is 67.2 Å². The summed E-state index contributed by atoms with van der Waals surface area (Å²) < 4.78 is 53.4. The van der Waals surface area contributed by atoms with Crippen LogP contribution >= 0.6 is 0 Å². The van der Waals surface area contributed by atoms with Gasteiger partial charge in [0.25, 0.3) is 0 Å². The molecular weight excluding hydrogens is 499 g/mol. The van der Waals surface area contributed by atoms with Crippen molar-refractivity contribution < 1.29 is 27.1 Å². The van der Waals surface area contributed by atoms with E-state index in [0.717, 1.165) is 31.4 Å². The van der Waals surface area contributed by atoms with Crippen molar-refractivity contribution in [1.82, 2.24) is 20.0 Å². The molecule has 2 aromatic heterocycles. The first-order valence-electron chi connectivity index (χ1n) is 11.8. The molecule has 0 atom stereocenters. The maximum Gasteiger partial charge on any atom is 0.573 e. The van der Waals surface area contributed by atoms with E-state index in [1.165, 1.54) is 36.1 Å². The normalized spacial score (nSPS) is 11.5. The van der Waals surface area contributed by atoms with E-state index in [2.05, 4.69) is 26.1 Å². The predicted octanol–water partition coefficient (Wildman–Crippen LogP) is 6.00. The second kappa shape index (κ2) is 12.6. The average Bonchev–Trinajstić information content (AvgIpc) is 3.54. The Balaban J connectivity index is 1.19. The lowest BCUT2D eigenvalue weighted by molar-refractivity contribution is -0.274. The molecule has 4 rings (SSSR count). The Morgan fingerprint density at radius 1 is 0.974 bits per heavy atom. The average molecular weight is 524 g/mol. The van der Waals surface area contributed by atoms with Gasteiger partial charge in [0, 0.05) is 6.08 Å². The van der Waals surface area contributed by atoms with E-state index >= 15 is 0 Å². The summed E-state index contributed by atoms with van der Waals surface area (Å²) in [6, 6.07) is 15.4. The SMILES string of the molecule is N#CCn1nncc1CCCCc1ccc(OCc2coc(/C=C/c3ccc(OC(F)(F)F)cc3)n2)cc1. The van der Waals surface area contributed by atoms with Crippen molar-refractivity contribution in [3.63, 3.8) is 0 Å². The summed E-state index contributed by atoms with van der Waals surface area (Å²) in [6.07, 6.45) is 5.49. The first-order chi connectivity index (χ1) is 18.4. The van der Waals surface area contributed by atoms with E-state index in [1.807, 2.05) is 24.3 Å². The van der Waals surface area contributed by atoms with Crippen LogP contribution in [0.25, 0.3) is 12.2 Å². The zero-order chi connectivity index (χ0) is 26.8. The first-order valence-corrected chi connectivity index (χ1v) is 11.8. The molecular formula is C27H24F3N5O3. The minimum atomic E-state index is -4.72. The van der Waals surface area contributed by atoms with Crippen molar-refractivity contribution in [2.75, 3.05) is 0 Å². The molecule has 0 aliphatic heterocycles. The summed E-state index contributed by atoms with van der Waals surface area (Å²) >= 11 is 0. The third-order valence-electron chi connectivity index (χ3n) is 5.48. The number of aryl methyl sites for hydroxylation is 2. The second-order valence-corrected chi connectivity index (χ2v) is 8.31. The topological polar surface area (TPSA) is 99.0 Å². The van der Waals surface area contributed by atoms with E-state index in [0.29, 0.717) is 22.9 Å². The van der Waals surface area contributed by atoms with Crippen LogP contribution in [0, 0.1) is 11.3 Å². The van der Waals surface area contributed by atoms with Crippen LogP contribution in [-0.2, 0) is 26.0 Å². The van der Waals surface area contributed by atoms with Gasteiger partial charge in [-0.25, -0.2) is 9.67 Å². The fourth-order valence-electron chi connectivity index (χ4n) is 3.63. The Bertz CT molecular complexity index is 1370. The van der Waals surface area contributed by atoms with Crippen molar-refractivity contribution in [3.8, 4) is 17.6 Å². The van der Waals surface area contributed by atoms with E-state index in [9.17, 15) is 13.2 Å². The van der Waals surface area contributed by atoms with E-state index in [-0.39, 0.29) is 18.9 Å². The molecule has 0 aliphatic carbocycles. The number of hydrogen-bond donors (Lipinski definition) is 0. The summed E-state index contributed by atoms with van der Waals surface area (Å²) in [7, 11) is 0. The number of aromatic nitrogens is 4. The summed E-state index contributed by atoms with van der Waals surface area (Å²) in [6.45, 7) is 0.440. The molecule has 0 saturated carbocycles. The number of hydrogen-bond acceptors (Lipinski definition) is 7. The molecule has 0 N–H and O–H groups in total. The molecule has 0 amide bonds. The van der Waals surface area contributed by atoms with Crippen LogP contribution in [0.15, 0.2) is 65.4 Å². The quantitative estimate of drug-likeness (QED) is 0.210. The Labute approximate surface area is 216 Å². The molecule has 0 bridgehead atoms. The van der Waals surface area contributed by atoms with Crippen LogP contribution in [-0.4, -0.2) is 26.3 Å². The Morgan fingerprint density at radius 3 is 2.45 bits per heavy atom. The van der Waals surface area contributed by atoms with Crippen molar-refractivity contribution in [1.29, 1.82) is 5.26 Å². The van der Waals surface area contributed by atoms with Gasteiger partial charge in [0.05, 0.1) is 18.0 Å². The van der Waals surface area contributed by atoms with Crippen LogP contribution in [0.2, 0.25) is 0 Å². The van der Waals surface area contributed by atoms with Gasteiger partial charge in [0.2, 0.25) is 5.89 Å². The van der Waals surface area contributed by atoms with Crippen molar-refractivity contribution in [2.45, 2.75) is 45.2 Å². The fraction of sp³-hybridized carbons (Fsp3) is 0.259.